The van der Waals surface area contributed by atoms with Gasteiger partial charge in [-0.3, -0.25) is 9.78 Å². The molecule has 1 aromatic rings. The molecule has 1 heterocycles. The standard InChI is InChI=1S/C15H22N2O4/c1-10(2)4-5-11(3)17-14(18)9-21-13-6-12(15(19)20)7-16-8-13/h6-8,10-11H,4-5,9H2,1-3H3,(H,17,18)(H,19,20). The summed E-state index contributed by atoms with van der Waals surface area (Å²) in [6, 6.07) is 1.43. The second-order valence-electron chi connectivity index (χ2n) is 5.44. The maximum Gasteiger partial charge on any atom is 0.337 e. The van der Waals surface area contributed by atoms with E-state index >= 15 is 0 Å². The smallest absolute Gasteiger partial charge is 0.337 e. The first kappa shape index (κ1) is 16.9. The van der Waals surface area contributed by atoms with E-state index in [4.69, 9.17) is 9.84 Å². The molecule has 116 valence electrons. The van der Waals surface area contributed by atoms with Crippen molar-refractivity contribution >= 4 is 11.9 Å². The lowest BCUT2D eigenvalue weighted by Crippen LogP contribution is -2.36. The Morgan fingerprint density at radius 2 is 2.00 bits per heavy atom. The predicted molar refractivity (Wildman–Crippen MR) is 78.4 cm³/mol. The summed E-state index contributed by atoms with van der Waals surface area (Å²) in [5, 5.41) is 11.7. The van der Waals surface area contributed by atoms with E-state index in [0.29, 0.717) is 5.92 Å². The molecular formula is C15H22N2O4. The van der Waals surface area contributed by atoms with E-state index in [-0.39, 0.29) is 29.9 Å². The van der Waals surface area contributed by atoms with Crippen LogP contribution < -0.4 is 10.1 Å². The molecule has 0 bridgehead atoms. The van der Waals surface area contributed by atoms with Gasteiger partial charge in [0.25, 0.3) is 5.91 Å². The number of nitrogens with zero attached hydrogens (tertiary/aromatic N) is 1. The zero-order chi connectivity index (χ0) is 15.8. The number of carboxylic acids is 1. The molecule has 0 saturated carbocycles. The molecule has 0 aliphatic rings. The van der Waals surface area contributed by atoms with Crippen molar-refractivity contribution in [2.75, 3.05) is 6.61 Å². The summed E-state index contributed by atoms with van der Waals surface area (Å²) in [4.78, 5) is 26.3. The molecule has 21 heavy (non-hydrogen) atoms. The van der Waals surface area contributed by atoms with Gasteiger partial charge in [0.1, 0.15) is 5.75 Å². The maximum atomic E-state index is 11.7. The molecule has 1 unspecified atom stereocenters. The number of ether oxygens (including phenoxy) is 1. The zero-order valence-corrected chi connectivity index (χ0v) is 12.6. The Balaban J connectivity index is 2.39. The number of amides is 1. The summed E-state index contributed by atoms with van der Waals surface area (Å²) in [7, 11) is 0. The minimum absolute atomic E-state index is 0.0261. The average Bonchev–Trinajstić information content (AvgIpc) is 2.43. The van der Waals surface area contributed by atoms with Crippen molar-refractivity contribution in [3.8, 4) is 5.75 Å². The Bertz CT molecular complexity index is 488. The molecule has 1 amide bonds. The highest BCUT2D eigenvalue weighted by Crippen LogP contribution is 2.11. The van der Waals surface area contributed by atoms with Gasteiger partial charge < -0.3 is 15.2 Å². The number of pyridine rings is 1. The van der Waals surface area contributed by atoms with Gasteiger partial charge in [0, 0.05) is 12.2 Å². The average molecular weight is 294 g/mol. The summed E-state index contributed by atoms with van der Waals surface area (Å²) < 4.78 is 5.25. The van der Waals surface area contributed by atoms with Crippen LogP contribution in [0.15, 0.2) is 18.5 Å². The third-order valence-corrected chi connectivity index (χ3v) is 2.91. The first-order valence-electron chi connectivity index (χ1n) is 6.99. The number of nitrogens with one attached hydrogen (secondary N) is 1. The minimum atomic E-state index is -1.08. The summed E-state index contributed by atoms with van der Waals surface area (Å²) in [5.74, 6) is -0.447. The monoisotopic (exact) mass is 294 g/mol. The van der Waals surface area contributed by atoms with Gasteiger partial charge in [0.2, 0.25) is 0 Å². The van der Waals surface area contributed by atoms with E-state index in [1.54, 1.807) is 0 Å². The summed E-state index contributed by atoms with van der Waals surface area (Å²) in [6.07, 6.45) is 4.57. The van der Waals surface area contributed by atoms with Crippen molar-refractivity contribution < 1.29 is 19.4 Å². The summed E-state index contributed by atoms with van der Waals surface area (Å²) >= 11 is 0. The Kier molecular flexibility index (Phi) is 6.65. The van der Waals surface area contributed by atoms with Crippen LogP contribution in [-0.2, 0) is 4.79 Å². The fourth-order valence-electron chi connectivity index (χ4n) is 1.74. The van der Waals surface area contributed by atoms with E-state index in [1.165, 1.54) is 18.5 Å². The van der Waals surface area contributed by atoms with Crippen molar-refractivity contribution in [2.45, 2.75) is 39.7 Å². The SMILES string of the molecule is CC(C)CCC(C)NC(=O)COc1cncc(C(=O)O)c1. The molecule has 0 aromatic carbocycles. The minimum Gasteiger partial charge on any atom is -0.482 e. The number of aromatic nitrogens is 1. The lowest BCUT2D eigenvalue weighted by atomic mass is 10.0. The topological polar surface area (TPSA) is 88.5 Å². The number of hydrogen-bond acceptors (Lipinski definition) is 4. The van der Waals surface area contributed by atoms with E-state index in [1.807, 2.05) is 6.92 Å². The first-order chi connectivity index (χ1) is 9.88. The summed E-state index contributed by atoms with van der Waals surface area (Å²) in [5.41, 5.74) is 0.0261. The second-order valence-corrected chi connectivity index (χ2v) is 5.44. The van der Waals surface area contributed by atoms with E-state index in [2.05, 4.69) is 24.1 Å². The van der Waals surface area contributed by atoms with Gasteiger partial charge in [-0.05, 0) is 31.7 Å². The maximum absolute atomic E-state index is 11.7. The van der Waals surface area contributed by atoms with Crippen molar-refractivity contribution in [1.29, 1.82) is 0 Å². The number of rotatable bonds is 8. The largest absolute Gasteiger partial charge is 0.482 e. The van der Waals surface area contributed by atoms with E-state index < -0.39 is 5.97 Å². The normalized spacial score (nSPS) is 12.0. The molecule has 6 heteroatoms. The number of carbonyl (C=O) groups excluding carboxylic acids is 1. The number of hydrogen-bond donors (Lipinski definition) is 2. The third-order valence-electron chi connectivity index (χ3n) is 2.91. The molecular weight excluding hydrogens is 272 g/mol. The number of aromatic carboxylic acids is 1. The van der Waals surface area contributed by atoms with Gasteiger partial charge >= 0.3 is 5.97 Å². The van der Waals surface area contributed by atoms with Gasteiger partial charge in [-0.2, -0.15) is 0 Å². The molecule has 2 N–H and O–H groups in total. The Hall–Kier alpha value is -2.11. The van der Waals surface area contributed by atoms with Crippen molar-refractivity contribution in [2.24, 2.45) is 5.92 Å². The van der Waals surface area contributed by atoms with Crippen LogP contribution in [0.1, 0.15) is 44.0 Å². The van der Waals surface area contributed by atoms with Gasteiger partial charge in [0.15, 0.2) is 6.61 Å². The molecule has 6 nitrogen and oxygen atoms in total. The lowest BCUT2D eigenvalue weighted by Gasteiger charge is -2.15. The Morgan fingerprint density at radius 1 is 1.29 bits per heavy atom. The van der Waals surface area contributed by atoms with Crippen LogP contribution in [-0.4, -0.2) is 34.6 Å². The van der Waals surface area contributed by atoms with Crippen LogP contribution >= 0.6 is 0 Å². The van der Waals surface area contributed by atoms with Crippen LogP contribution in [0.4, 0.5) is 0 Å². The Morgan fingerprint density at radius 3 is 2.62 bits per heavy atom. The van der Waals surface area contributed by atoms with Crippen molar-refractivity contribution in [1.82, 2.24) is 10.3 Å². The fourth-order valence-corrected chi connectivity index (χ4v) is 1.74. The highest BCUT2D eigenvalue weighted by molar-refractivity contribution is 5.87. The number of carbonyl (C=O) groups is 2. The number of carboxylic acid groups (broad SMARTS) is 1. The van der Waals surface area contributed by atoms with Crippen LogP contribution in [0.25, 0.3) is 0 Å². The molecule has 0 saturated heterocycles. The fraction of sp³-hybridized carbons (Fsp3) is 0.533. The van der Waals surface area contributed by atoms with E-state index in [9.17, 15) is 9.59 Å². The molecule has 1 atom stereocenters. The van der Waals surface area contributed by atoms with Crippen molar-refractivity contribution in [3.05, 3.63) is 24.0 Å². The van der Waals surface area contributed by atoms with Gasteiger partial charge in [0.05, 0.1) is 11.8 Å². The van der Waals surface area contributed by atoms with Crippen LogP contribution in [0.3, 0.4) is 0 Å². The Labute approximate surface area is 124 Å². The predicted octanol–water partition coefficient (Wildman–Crippen LogP) is 2.10. The molecule has 1 aromatic heterocycles. The van der Waals surface area contributed by atoms with Gasteiger partial charge in [-0.1, -0.05) is 13.8 Å². The molecule has 0 spiro atoms. The third kappa shape index (κ3) is 6.74. The van der Waals surface area contributed by atoms with E-state index in [0.717, 1.165) is 12.8 Å². The molecule has 0 radical (unpaired) electrons. The first-order valence-corrected chi connectivity index (χ1v) is 6.99. The van der Waals surface area contributed by atoms with Crippen LogP contribution in [0.2, 0.25) is 0 Å². The van der Waals surface area contributed by atoms with Gasteiger partial charge in [-0.15, -0.1) is 0 Å². The van der Waals surface area contributed by atoms with Gasteiger partial charge in [-0.25, -0.2) is 4.79 Å². The van der Waals surface area contributed by atoms with Crippen molar-refractivity contribution in [3.63, 3.8) is 0 Å². The molecule has 0 aliphatic heterocycles. The molecule has 0 fully saturated rings. The highest BCUT2D eigenvalue weighted by atomic mass is 16.5. The second kappa shape index (κ2) is 8.24. The van der Waals surface area contributed by atoms with Crippen LogP contribution in [0, 0.1) is 5.92 Å². The highest BCUT2D eigenvalue weighted by Gasteiger charge is 2.10. The zero-order valence-electron chi connectivity index (χ0n) is 12.6. The lowest BCUT2D eigenvalue weighted by molar-refractivity contribution is -0.123. The summed E-state index contributed by atoms with van der Waals surface area (Å²) in [6.45, 7) is 6.07. The molecule has 1 rings (SSSR count). The van der Waals surface area contributed by atoms with Crippen LogP contribution in [0.5, 0.6) is 5.75 Å². The quantitative estimate of drug-likeness (QED) is 0.766. The molecule has 0 aliphatic carbocycles.